The molecule has 2 heterocycles. The van der Waals surface area contributed by atoms with Gasteiger partial charge in [0.25, 0.3) is 0 Å². The van der Waals surface area contributed by atoms with Crippen LogP contribution in [0.5, 0.6) is 0 Å². The number of nitrogens with two attached hydrogens (primary N) is 1. The summed E-state index contributed by atoms with van der Waals surface area (Å²) in [6, 6.07) is 13.0. The Morgan fingerprint density at radius 3 is 2.74 bits per heavy atom. The maximum Gasteiger partial charge on any atom is 0.230 e. The molecule has 0 amide bonds. The Morgan fingerprint density at radius 1 is 1.26 bits per heavy atom. The van der Waals surface area contributed by atoms with Crippen LogP contribution in [0.2, 0.25) is 0 Å². The molecule has 1 unspecified atom stereocenters. The second kappa shape index (κ2) is 7.40. The fourth-order valence-electron chi connectivity index (χ4n) is 2.44. The van der Waals surface area contributed by atoms with Crippen LogP contribution < -0.4 is 5.73 Å². The number of carbonyl (C=O) groups is 1. The highest BCUT2D eigenvalue weighted by molar-refractivity contribution is 6.09. The number of rotatable bonds is 5. The summed E-state index contributed by atoms with van der Waals surface area (Å²) in [4.78, 5) is 17.3. The van der Waals surface area contributed by atoms with Crippen LogP contribution in [0.1, 0.15) is 35.2 Å². The lowest BCUT2D eigenvalue weighted by Gasteiger charge is -2.12. The van der Waals surface area contributed by atoms with Crippen LogP contribution in [-0.2, 0) is 6.42 Å². The normalized spacial score (nSPS) is 11.9. The molecule has 120 valence electrons. The zero-order valence-corrected chi connectivity index (χ0v) is 13.7. The minimum absolute atomic E-state index is 0. The predicted octanol–water partition coefficient (Wildman–Crippen LogP) is 3.76. The smallest absolute Gasteiger partial charge is 0.230 e. The van der Waals surface area contributed by atoms with E-state index in [2.05, 4.69) is 4.98 Å². The molecule has 0 aliphatic carbocycles. The lowest BCUT2D eigenvalue weighted by atomic mass is 9.99. The van der Waals surface area contributed by atoms with Gasteiger partial charge >= 0.3 is 0 Å². The van der Waals surface area contributed by atoms with Gasteiger partial charge in [0.2, 0.25) is 5.78 Å². The summed E-state index contributed by atoms with van der Waals surface area (Å²) >= 11 is 0. The minimum atomic E-state index is -0.151. The zero-order valence-electron chi connectivity index (χ0n) is 12.9. The number of carbonyl (C=O) groups excluding carboxylic acids is 1. The Hall–Kier alpha value is -2.17. The van der Waals surface area contributed by atoms with Crippen LogP contribution in [0.4, 0.5) is 0 Å². The molecule has 2 N–H and O–H groups in total. The van der Waals surface area contributed by atoms with Crippen molar-refractivity contribution in [2.45, 2.75) is 25.8 Å². The Bertz CT molecular complexity index is 800. The Labute approximate surface area is 141 Å². The van der Waals surface area contributed by atoms with Gasteiger partial charge in [0.05, 0.1) is 17.5 Å². The number of hydrogen-bond donors (Lipinski definition) is 1. The Kier molecular flexibility index (Phi) is 5.53. The molecule has 0 aliphatic heterocycles. The third-order valence-corrected chi connectivity index (χ3v) is 3.77. The molecule has 4 nitrogen and oxygen atoms in total. The first-order valence-electron chi connectivity index (χ1n) is 7.41. The van der Waals surface area contributed by atoms with Gasteiger partial charge in [0, 0.05) is 23.4 Å². The molecule has 5 heteroatoms. The van der Waals surface area contributed by atoms with Crippen molar-refractivity contribution < 1.29 is 9.21 Å². The van der Waals surface area contributed by atoms with E-state index in [1.54, 1.807) is 12.1 Å². The lowest BCUT2D eigenvalue weighted by molar-refractivity contribution is 0.101. The van der Waals surface area contributed by atoms with Gasteiger partial charge in [-0.2, -0.15) is 0 Å². The van der Waals surface area contributed by atoms with Gasteiger partial charge in [-0.05, 0) is 30.7 Å². The largest absolute Gasteiger partial charge is 0.461 e. The molecular formula is C18H19ClN2O2. The maximum atomic E-state index is 12.7. The molecule has 23 heavy (non-hydrogen) atoms. The summed E-state index contributed by atoms with van der Waals surface area (Å²) in [5.41, 5.74) is 8.23. The minimum Gasteiger partial charge on any atom is -0.461 e. The molecule has 1 atom stereocenters. The number of hydrogen-bond acceptors (Lipinski definition) is 4. The van der Waals surface area contributed by atoms with E-state index >= 15 is 0 Å². The number of benzene rings is 1. The number of ketones is 1. The average Bonchev–Trinajstić information content (AvgIpc) is 3.08. The van der Waals surface area contributed by atoms with Crippen LogP contribution in [-0.4, -0.2) is 16.8 Å². The molecule has 0 radical (unpaired) electrons. The van der Waals surface area contributed by atoms with Gasteiger partial charge in [0.1, 0.15) is 0 Å². The van der Waals surface area contributed by atoms with Crippen molar-refractivity contribution in [1.82, 2.24) is 4.98 Å². The zero-order chi connectivity index (χ0) is 15.5. The van der Waals surface area contributed by atoms with Gasteiger partial charge in [-0.15, -0.1) is 12.4 Å². The van der Waals surface area contributed by atoms with E-state index < -0.39 is 0 Å². The average molecular weight is 331 g/mol. The first-order valence-corrected chi connectivity index (χ1v) is 7.41. The van der Waals surface area contributed by atoms with E-state index in [0.29, 0.717) is 17.7 Å². The van der Waals surface area contributed by atoms with Crippen LogP contribution in [0.15, 0.2) is 53.1 Å². The predicted molar refractivity (Wildman–Crippen MR) is 93.1 cm³/mol. The monoisotopic (exact) mass is 330 g/mol. The number of para-hydroxylation sites is 1. The number of fused-ring (bicyclic) bond motifs is 1. The molecular weight excluding hydrogens is 312 g/mol. The fourth-order valence-corrected chi connectivity index (χ4v) is 2.44. The van der Waals surface area contributed by atoms with Crippen molar-refractivity contribution in [2.24, 2.45) is 5.73 Å². The first-order chi connectivity index (χ1) is 10.7. The number of nitrogens with zero attached hydrogens (tertiary/aromatic N) is 1. The van der Waals surface area contributed by atoms with E-state index in [1.807, 2.05) is 37.3 Å². The molecule has 0 fully saturated rings. The quantitative estimate of drug-likeness (QED) is 0.723. The molecule has 0 saturated heterocycles. The first kappa shape index (κ1) is 17.2. The molecule has 0 saturated carbocycles. The van der Waals surface area contributed by atoms with E-state index in [-0.39, 0.29) is 24.2 Å². The number of aromatic nitrogens is 1. The standard InChI is InChI=1S/C18H18N2O2.ClH/c1-2-13(19)11-16-14(18(21)17-8-5-9-22-17)10-12-6-3-4-7-15(12)20-16;/h3-10,13H,2,11,19H2,1H3;1H. The van der Waals surface area contributed by atoms with E-state index in [1.165, 1.54) is 6.26 Å². The number of furan rings is 1. The topological polar surface area (TPSA) is 69.1 Å². The second-order valence-electron chi connectivity index (χ2n) is 5.35. The summed E-state index contributed by atoms with van der Waals surface area (Å²) in [6.45, 7) is 2.03. The highest BCUT2D eigenvalue weighted by Gasteiger charge is 2.19. The summed E-state index contributed by atoms with van der Waals surface area (Å²) < 4.78 is 5.24. The van der Waals surface area contributed by atoms with Gasteiger partial charge in [-0.25, -0.2) is 0 Å². The lowest BCUT2D eigenvalue weighted by Crippen LogP contribution is -2.23. The highest BCUT2D eigenvalue weighted by atomic mass is 35.5. The summed E-state index contributed by atoms with van der Waals surface area (Å²) in [5, 5.41) is 0.936. The molecule has 3 aromatic rings. The number of halogens is 1. The van der Waals surface area contributed by atoms with Crippen LogP contribution in [0, 0.1) is 0 Å². The highest BCUT2D eigenvalue weighted by Crippen LogP contribution is 2.21. The molecule has 3 rings (SSSR count). The Morgan fingerprint density at radius 2 is 2.04 bits per heavy atom. The van der Waals surface area contributed by atoms with E-state index in [4.69, 9.17) is 10.2 Å². The van der Waals surface area contributed by atoms with Crippen molar-refractivity contribution in [3.05, 3.63) is 65.7 Å². The molecule has 1 aromatic carbocycles. The third kappa shape index (κ3) is 3.60. The third-order valence-electron chi connectivity index (χ3n) is 3.77. The molecule has 0 aliphatic rings. The van der Waals surface area contributed by atoms with E-state index in [0.717, 1.165) is 23.0 Å². The van der Waals surface area contributed by atoms with Crippen molar-refractivity contribution in [2.75, 3.05) is 0 Å². The van der Waals surface area contributed by atoms with E-state index in [9.17, 15) is 4.79 Å². The summed E-state index contributed by atoms with van der Waals surface area (Å²) in [5.74, 6) is 0.171. The van der Waals surface area contributed by atoms with Gasteiger partial charge in [-0.3, -0.25) is 9.78 Å². The summed E-state index contributed by atoms with van der Waals surface area (Å²) in [7, 11) is 0. The van der Waals surface area contributed by atoms with Crippen molar-refractivity contribution in [3.8, 4) is 0 Å². The van der Waals surface area contributed by atoms with Gasteiger partial charge in [-0.1, -0.05) is 25.1 Å². The van der Waals surface area contributed by atoms with Gasteiger partial charge in [0.15, 0.2) is 5.76 Å². The van der Waals surface area contributed by atoms with Crippen molar-refractivity contribution in [3.63, 3.8) is 0 Å². The van der Waals surface area contributed by atoms with Crippen molar-refractivity contribution >= 4 is 29.1 Å². The molecule has 2 aromatic heterocycles. The second-order valence-corrected chi connectivity index (χ2v) is 5.35. The van der Waals surface area contributed by atoms with Crippen LogP contribution >= 0.6 is 12.4 Å². The Balaban J connectivity index is 0.00000192. The van der Waals surface area contributed by atoms with Crippen LogP contribution in [0.25, 0.3) is 10.9 Å². The van der Waals surface area contributed by atoms with Crippen LogP contribution in [0.3, 0.4) is 0 Å². The fraction of sp³-hybridized carbons (Fsp3) is 0.222. The SMILES string of the molecule is CCC(N)Cc1nc2ccccc2cc1C(=O)c1ccco1.Cl. The molecule has 0 bridgehead atoms. The number of pyridine rings is 1. The van der Waals surface area contributed by atoms with Crippen molar-refractivity contribution in [1.29, 1.82) is 0 Å². The summed E-state index contributed by atoms with van der Waals surface area (Å²) in [6.07, 6.45) is 2.91. The van der Waals surface area contributed by atoms with Gasteiger partial charge < -0.3 is 10.2 Å². The molecule has 0 spiro atoms. The maximum absolute atomic E-state index is 12.7.